The molecule has 1 aromatic heterocycles. The van der Waals surface area contributed by atoms with Gasteiger partial charge in [-0.15, -0.1) is 11.3 Å². The molecule has 0 bridgehead atoms. The van der Waals surface area contributed by atoms with E-state index in [2.05, 4.69) is 37.5 Å². The fraction of sp³-hybridized carbons (Fsp3) is 0.267. The lowest BCUT2D eigenvalue weighted by Gasteiger charge is -2.17. The highest BCUT2D eigenvalue weighted by molar-refractivity contribution is 7.80. The average molecular weight is 290 g/mol. The van der Waals surface area contributed by atoms with Crippen molar-refractivity contribution in [2.45, 2.75) is 26.8 Å². The number of thiophene rings is 1. The summed E-state index contributed by atoms with van der Waals surface area (Å²) in [6.07, 6.45) is 0. The van der Waals surface area contributed by atoms with Gasteiger partial charge in [-0.2, -0.15) is 0 Å². The minimum atomic E-state index is 0.216. The van der Waals surface area contributed by atoms with Crippen LogP contribution in [0, 0.1) is 13.8 Å². The van der Waals surface area contributed by atoms with E-state index in [0.29, 0.717) is 5.11 Å². The van der Waals surface area contributed by atoms with Crippen molar-refractivity contribution in [3.63, 3.8) is 0 Å². The topological polar surface area (TPSA) is 24.1 Å². The van der Waals surface area contributed by atoms with E-state index in [1.807, 2.05) is 41.7 Å². The Bertz CT molecular complexity index is 561. The number of aryl methyl sites for hydroxylation is 2. The average Bonchev–Trinajstić information content (AvgIpc) is 2.69. The Morgan fingerprint density at radius 1 is 1.21 bits per heavy atom. The second kappa shape index (κ2) is 6.17. The molecule has 2 aromatic rings. The van der Waals surface area contributed by atoms with E-state index < -0.39 is 0 Å². The SMILES string of the molecule is Cc1cc(C(C)NC(=S)Nc2ccccc2)c(C)s1. The van der Waals surface area contributed by atoms with Crippen LogP contribution >= 0.6 is 23.6 Å². The van der Waals surface area contributed by atoms with E-state index in [9.17, 15) is 0 Å². The second-order valence-corrected chi connectivity index (χ2v) is 6.42. The summed E-state index contributed by atoms with van der Waals surface area (Å²) in [5.41, 5.74) is 2.32. The summed E-state index contributed by atoms with van der Waals surface area (Å²) >= 11 is 7.17. The highest BCUT2D eigenvalue weighted by atomic mass is 32.1. The van der Waals surface area contributed by atoms with Crippen LogP contribution in [0.25, 0.3) is 0 Å². The molecule has 2 rings (SSSR count). The second-order valence-electron chi connectivity index (χ2n) is 4.55. The van der Waals surface area contributed by atoms with Crippen molar-refractivity contribution < 1.29 is 0 Å². The Morgan fingerprint density at radius 3 is 2.47 bits per heavy atom. The maximum absolute atomic E-state index is 5.34. The van der Waals surface area contributed by atoms with E-state index >= 15 is 0 Å². The summed E-state index contributed by atoms with van der Waals surface area (Å²) in [5.74, 6) is 0. The minimum absolute atomic E-state index is 0.216. The van der Waals surface area contributed by atoms with E-state index in [-0.39, 0.29) is 6.04 Å². The standard InChI is InChI=1S/C15H18N2S2/c1-10-9-14(12(3)19-10)11(2)16-15(18)17-13-7-5-4-6-8-13/h4-9,11H,1-3H3,(H2,16,17,18). The molecule has 0 saturated carbocycles. The molecular formula is C15H18N2S2. The molecule has 19 heavy (non-hydrogen) atoms. The zero-order valence-electron chi connectivity index (χ0n) is 11.4. The molecular weight excluding hydrogens is 272 g/mol. The maximum atomic E-state index is 5.34. The summed E-state index contributed by atoms with van der Waals surface area (Å²) < 4.78 is 0. The van der Waals surface area contributed by atoms with Crippen LogP contribution in [0.15, 0.2) is 36.4 Å². The van der Waals surface area contributed by atoms with Crippen LogP contribution in [0.3, 0.4) is 0 Å². The van der Waals surface area contributed by atoms with Gasteiger partial charge in [0.2, 0.25) is 0 Å². The van der Waals surface area contributed by atoms with Gasteiger partial charge in [0.25, 0.3) is 0 Å². The zero-order chi connectivity index (χ0) is 13.8. The van der Waals surface area contributed by atoms with Gasteiger partial charge in [0.1, 0.15) is 0 Å². The fourth-order valence-electron chi connectivity index (χ4n) is 2.04. The van der Waals surface area contributed by atoms with Crippen LogP contribution in [0.5, 0.6) is 0 Å². The van der Waals surface area contributed by atoms with Crippen LogP contribution < -0.4 is 10.6 Å². The summed E-state index contributed by atoms with van der Waals surface area (Å²) in [6.45, 7) is 6.42. The molecule has 0 spiro atoms. The summed E-state index contributed by atoms with van der Waals surface area (Å²) in [7, 11) is 0. The van der Waals surface area contributed by atoms with Crippen molar-refractivity contribution in [3.8, 4) is 0 Å². The lowest BCUT2D eigenvalue weighted by Crippen LogP contribution is -2.30. The number of para-hydroxylation sites is 1. The number of nitrogens with one attached hydrogen (secondary N) is 2. The van der Waals surface area contributed by atoms with Crippen LogP contribution in [0.2, 0.25) is 0 Å². The summed E-state index contributed by atoms with van der Waals surface area (Å²) in [5, 5.41) is 7.17. The van der Waals surface area contributed by atoms with Crippen LogP contribution in [-0.2, 0) is 0 Å². The van der Waals surface area contributed by atoms with Gasteiger partial charge in [0.05, 0.1) is 6.04 Å². The molecule has 1 unspecified atom stereocenters. The molecule has 1 heterocycles. The van der Waals surface area contributed by atoms with Crippen molar-refractivity contribution >= 4 is 34.4 Å². The summed E-state index contributed by atoms with van der Waals surface area (Å²) in [6, 6.07) is 12.4. The lowest BCUT2D eigenvalue weighted by atomic mass is 10.1. The van der Waals surface area contributed by atoms with E-state index in [1.165, 1.54) is 15.3 Å². The van der Waals surface area contributed by atoms with Crippen molar-refractivity contribution in [2.75, 3.05) is 5.32 Å². The molecule has 0 amide bonds. The molecule has 4 heteroatoms. The highest BCUT2D eigenvalue weighted by Crippen LogP contribution is 2.26. The molecule has 0 saturated heterocycles. The number of anilines is 1. The molecule has 1 atom stereocenters. The smallest absolute Gasteiger partial charge is 0.171 e. The van der Waals surface area contributed by atoms with E-state index in [4.69, 9.17) is 12.2 Å². The molecule has 0 aliphatic carbocycles. The first-order valence-corrected chi connectivity index (χ1v) is 7.48. The largest absolute Gasteiger partial charge is 0.356 e. The Labute approximate surface area is 123 Å². The molecule has 100 valence electrons. The van der Waals surface area contributed by atoms with Gasteiger partial charge >= 0.3 is 0 Å². The molecule has 2 nitrogen and oxygen atoms in total. The van der Waals surface area contributed by atoms with Gasteiger partial charge in [-0.3, -0.25) is 0 Å². The number of hydrogen-bond donors (Lipinski definition) is 2. The van der Waals surface area contributed by atoms with Crippen LogP contribution in [-0.4, -0.2) is 5.11 Å². The first kappa shape index (κ1) is 14.0. The number of hydrogen-bond acceptors (Lipinski definition) is 2. The monoisotopic (exact) mass is 290 g/mol. The summed E-state index contributed by atoms with van der Waals surface area (Å²) in [4.78, 5) is 2.68. The quantitative estimate of drug-likeness (QED) is 0.819. The molecule has 1 aromatic carbocycles. The van der Waals surface area contributed by atoms with Crippen LogP contribution in [0.4, 0.5) is 5.69 Å². The molecule has 0 radical (unpaired) electrons. The predicted molar refractivity (Wildman–Crippen MR) is 88.0 cm³/mol. The molecule has 2 N–H and O–H groups in total. The molecule has 0 fully saturated rings. The Balaban J connectivity index is 1.97. The third-order valence-electron chi connectivity index (χ3n) is 2.93. The van der Waals surface area contributed by atoms with Crippen molar-refractivity contribution in [1.82, 2.24) is 5.32 Å². The van der Waals surface area contributed by atoms with E-state index in [0.717, 1.165) is 5.69 Å². The van der Waals surface area contributed by atoms with E-state index in [1.54, 1.807) is 0 Å². The number of benzene rings is 1. The maximum Gasteiger partial charge on any atom is 0.171 e. The Kier molecular flexibility index (Phi) is 4.56. The minimum Gasteiger partial charge on any atom is -0.356 e. The van der Waals surface area contributed by atoms with Gasteiger partial charge < -0.3 is 10.6 Å². The van der Waals surface area contributed by atoms with Gasteiger partial charge in [-0.05, 0) is 56.8 Å². The van der Waals surface area contributed by atoms with Gasteiger partial charge in [-0.1, -0.05) is 18.2 Å². The Morgan fingerprint density at radius 2 is 1.89 bits per heavy atom. The normalized spacial score (nSPS) is 11.9. The van der Waals surface area contributed by atoms with Crippen molar-refractivity contribution in [3.05, 3.63) is 51.7 Å². The number of rotatable bonds is 3. The van der Waals surface area contributed by atoms with Gasteiger partial charge in [-0.25, -0.2) is 0 Å². The first-order valence-electron chi connectivity index (χ1n) is 6.26. The third-order valence-corrected chi connectivity index (χ3v) is 4.13. The molecule has 0 aliphatic heterocycles. The lowest BCUT2D eigenvalue weighted by molar-refractivity contribution is 0.721. The first-order chi connectivity index (χ1) is 9.06. The van der Waals surface area contributed by atoms with Gasteiger partial charge in [0.15, 0.2) is 5.11 Å². The highest BCUT2D eigenvalue weighted by Gasteiger charge is 2.12. The number of thiocarbonyl (C=S) groups is 1. The van der Waals surface area contributed by atoms with Crippen LogP contribution in [0.1, 0.15) is 28.3 Å². The third kappa shape index (κ3) is 3.78. The van der Waals surface area contributed by atoms with Gasteiger partial charge in [0, 0.05) is 15.4 Å². The molecule has 0 aliphatic rings. The van der Waals surface area contributed by atoms with Crippen molar-refractivity contribution in [2.24, 2.45) is 0 Å². The van der Waals surface area contributed by atoms with Crippen molar-refractivity contribution in [1.29, 1.82) is 0 Å². The fourth-order valence-corrected chi connectivity index (χ4v) is 3.36. The predicted octanol–water partition coefficient (Wildman–Crippen LogP) is 4.41. The zero-order valence-corrected chi connectivity index (χ0v) is 13.0. The Hall–Kier alpha value is -1.39.